The topological polar surface area (TPSA) is 94.9 Å². The molecule has 9 nitrogen and oxygen atoms in total. The summed E-state index contributed by atoms with van der Waals surface area (Å²) < 4.78 is 43.3. The van der Waals surface area contributed by atoms with E-state index in [0.717, 1.165) is 49.9 Å². The Morgan fingerprint density at radius 3 is 2.20 bits per heavy atom. The molecule has 0 bridgehead atoms. The summed E-state index contributed by atoms with van der Waals surface area (Å²) in [5.74, 6) is -0.700. The summed E-state index contributed by atoms with van der Waals surface area (Å²) in [5, 5.41) is 7.81. The van der Waals surface area contributed by atoms with Crippen molar-refractivity contribution in [3.05, 3.63) is 58.6 Å². The lowest BCUT2D eigenvalue weighted by atomic mass is 9.96. The molecule has 2 unspecified atom stereocenters. The molecule has 2 aromatic carbocycles. The highest BCUT2D eigenvalue weighted by Crippen LogP contribution is 2.40. The fraction of sp³-hybridized carbons (Fsp3) is 0.545. The summed E-state index contributed by atoms with van der Waals surface area (Å²) in [7, 11) is 1.65. The van der Waals surface area contributed by atoms with Gasteiger partial charge in [-0.3, -0.25) is 9.89 Å². The van der Waals surface area contributed by atoms with E-state index in [1.54, 1.807) is 7.11 Å². The quantitative estimate of drug-likeness (QED) is 0.325. The first-order valence-electron chi connectivity index (χ1n) is 15.7. The largest absolute Gasteiger partial charge is 0.497 e. The molecule has 252 valence electrons. The zero-order chi connectivity index (χ0) is 33.4. The summed E-state index contributed by atoms with van der Waals surface area (Å²) >= 11 is 6.26. The minimum Gasteiger partial charge on any atom is -0.497 e. The average Bonchev–Trinajstić information content (AvgIpc) is 3.70. The van der Waals surface area contributed by atoms with Crippen molar-refractivity contribution in [2.45, 2.75) is 76.7 Å². The smallest absolute Gasteiger partial charge is 0.490 e. The number of likely N-dealkylation sites (tertiary alicyclic amines) is 2. The summed E-state index contributed by atoms with van der Waals surface area (Å²) in [6.45, 7) is 8.54. The summed E-state index contributed by atoms with van der Waals surface area (Å²) in [5.41, 5.74) is 1.86. The Morgan fingerprint density at radius 2 is 1.65 bits per heavy atom. The fourth-order valence-corrected chi connectivity index (χ4v) is 6.45. The van der Waals surface area contributed by atoms with Gasteiger partial charge in [-0.15, -0.1) is 0 Å². The van der Waals surface area contributed by atoms with E-state index in [1.165, 1.54) is 25.9 Å². The van der Waals surface area contributed by atoms with Crippen molar-refractivity contribution in [3.63, 3.8) is 0 Å². The Bertz CT molecular complexity index is 1360. The number of amides is 2. The molecule has 3 aliphatic heterocycles. The van der Waals surface area contributed by atoms with Crippen LogP contribution in [0.3, 0.4) is 0 Å². The molecule has 2 amide bonds. The van der Waals surface area contributed by atoms with Crippen LogP contribution in [0.15, 0.2) is 47.5 Å². The fourth-order valence-electron chi connectivity index (χ4n) is 6.32. The third-order valence-electron chi connectivity index (χ3n) is 8.53. The number of methoxy groups -OCH3 is 1. The van der Waals surface area contributed by atoms with Crippen molar-refractivity contribution in [2.24, 2.45) is 4.99 Å². The number of piperidine rings is 1. The minimum absolute atomic E-state index is 0.0189. The monoisotopic (exact) mass is 666 g/mol. The number of rotatable bonds is 8. The molecule has 0 aliphatic carbocycles. The molecule has 0 aromatic heterocycles. The van der Waals surface area contributed by atoms with Crippen molar-refractivity contribution in [1.29, 1.82) is 0 Å². The first-order valence-corrected chi connectivity index (χ1v) is 16.1. The molecule has 0 spiro atoms. The van der Waals surface area contributed by atoms with Gasteiger partial charge < -0.3 is 24.4 Å². The third-order valence-corrected chi connectivity index (χ3v) is 8.78. The molecule has 0 radical (unpaired) electrons. The number of aliphatic carboxylic acids is 1. The maximum absolute atomic E-state index is 14.5. The van der Waals surface area contributed by atoms with Gasteiger partial charge in [-0.05, 0) is 81.9 Å². The van der Waals surface area contributed by atoms with E-state index in [2.05, 4.69) is 11.8 Å². The SMILES string of the molecule is CCCC1N=C(c2ccc(OC)cc2OCC)N(C(=O)N2CCC(N3CCCC3)CC2)C1c1ccc(Cl)cc1.O=C(O)C(F)(F)F. The van der Waals surface area contributed by atoms with Gasteiger partial charge in [0.2, 0.25) is 0 Å². The van der Waals surface area contributed by atoms with Crippen LogP contribution < -0.4 is 9.47 Å². The van der Waals surface area contributed by atoms with Gasteiger partial charge in [-0.2, -0.15) is 13.2 Å². The van der Waals surface area contributed by atoms with Crippen LogP contribution in [0.4, 0.5) is 18.0 Å². The number of carboxylic acid groups (broad SMARTS) is 1. The Kier molecular flexibility index (Phi) is 12.2. The lowest BCUT2D eigenvalue weighted by molar-refractivity contribution is -0.192. The molecular weight excluding hydrogens is 625 g/mol. The van der Waals surface area contributed by atoms with Gasteiger partial charge in [-0.25, -0.2) is 9.59 Å². The number of carbonyl (C=O) groups is 2. The van der Waals surface area contributed by atoms with E-state index in [1.807, 2.05) is 59.2 Å². The van der Waals surface area contributed by atoms with E-state index in [0.29, 0.717) is 35.0 Å². The molecule has 1 N–H and O–H groups in total. The Labute approximate surface area is 272 Å². The van der Waals surface area contributed by atoms with E-state index in [-0.39, 0.29) is 18.1 Å². The van der Waals surface area contributed by atoms with Gasteiger partial charge in [0, 0.05) is 30.2 Å². The van der Waals surface area contributed by atoms with Crippen molar-refractivity contribution >= 4 is 29.4 Å². The molecule has 2 aromatic rings. The Morgan fingerprint density at radius 1 is 1.02 bits per heavy atom. The number of nitrogens with zero attached hydrogens (tertiary/aromatic N) is 4. The third kappa shape index (κ3) is 8.44. The highest BCUT2D eigenvalue weighted by atomic mass is 35.5. The van der Waals surface area contributed by atoms with Gasteiger partial charge in [-0.1, -0.05) is 37.1 Å². The maximum Gasteiger partial charge on any atom is 0.490 e. The van der Waals surface area contributed by atoms with Crippen LogP contribution in [0.25, 0.3) is 0 Å². The molecule has 2 saturated heterocycles. The number of ether oxygens (including phenoxy) is 2. The molecule has 2 fully saturated rings. The summed E-state index contributed by atoms with van der Waals surface area (Å²) in [6, 6.07) is 14.0. The predicted octanol–water partition coefficient (Wildman–Crippen LogP) is 7.03. The number of hydrogen-bond donors (Lipinski definition) is 1. The average molecular weight is 667 g/mol. The highest BCUT2D eigenvalue weighted by molar-refractivity contribution is 6.30. The Balaban J connectivity index is 0.000000617. The normalized spacial score (nSPS) is 20.6. The molecule has 0 saturated carbocycles. The van der Waals surface area contributed by atoms with E-state index in [9.17, 15) is 18.0 Å². The lowest BCUT2D eigenvalue weighted by Gasteiger charge is -2.40. The predicted molar refractivity (Wildman–Crippen MR) is 170 cm³/mol. The molecular formula is C33H42ClF3N4O5. The number of aliphatic imine (C=N–C) groups is 1. The van der Waals surface area contributed by atoms with Crippen molar-refractivity contribution < 1.29 is 37.3 Å². The van der Waals surface area contributed by atoms with E-state index in [4.69, 9.17) is 36.0 Å². The second-order valence-corrected chi connectivity index (χ2v) is 12.0. The van der Waals surface area contributed by atoms with Crippen LogP contribution in [0, 0.1) is 0 Å². The number of alkyl halides is 3. The summed E-state index contributed by atoms with van der Waals surface area (Å²) in [6.07, 6.45) is 1.37. The number of benzene rings is 2. The van der Waals surface area contributed by atoms with Crippen LogP contribution in [0.5, 0.6) is 11.5 Å². The number of hydrogen-bond acceptors (Lipinski definition) is 6. The van der Waals surface area contributed by atoms with Crippen molar-refractivity contribution in [1.82, 2.24) is 14.7 Å². The zero-order valence-corrected chi connectivity index (χ0v) is 27.2. The van der Waals surface area contributed by atoms with Gasteiger partial charge in [0.25, 0.3) is 0 Å². The second-order valence-electron chi connectivity index (χ2n) is 11.5. The van der Waals surface area contributed by atoms with Crippen molar-refractivity contribution in [3.8, 4) is 11.5 Å². The zero-order valence-electron chi connectivity index (χ0n) is 26.4. The number of carboxylic acids is 1. The van der Waals surface area contributed by atoms with Gasteiger partial charge >= 0.3 is 18.2 Å². The molecule has 5 rings (SSSR count). The lowest BCUT2D eigenvalue weighted by Crippen LogP contribution is -2.52. The van der Waals surface area contributed by atoms with Crippen LogP contribution in [-0.4, -0.2) is 95.8 Å². The molecule has 13 heteroatoms. The van der Waals surface area contributed by atoms with Gasteiger partial charge in [0.1, 0.15) is 17.3 Å². The number of urea groups is 1. The summed E-state index contributed by atoms with van der Waals surface area (Å²) in [4.78, 5) is 35.2. The second kappa shape index (κ2) is 15.9. The standard InChI is InChI=1S/C31H41ClN4O3.C2HF3O2/c1-4-8-27-29(22-9-11-23(32)12-10-22)36(30(33-27)26-14-13-25(38-3)21-28(26)39-5-2)31(37)35-19-15-24(16-20-35)34-17-6-7-18-34;3-2(4,5)1(6)7/h9-14,21,24,27,29H,4-8,15-20H2,1-3H3;(H,6,7). The van der Waals surface area contributed by atoms with Gasteiger partial charge in [0.05, 0.1) is 31.4 Å². The number of halogens is 4. The molecule has 2 atom stereocenters. The maximum atomic E-state index is 14.5. The number of carbonyl (C=O) groups excluding carboxylic acids is 1. The van der Waals surface area contributed by atoms with Crippen LogP contribution >= 0.6 is 11.6 Å². The van der Waals surface area contributed by atoms with Crippen LogP contribution in [-0.2, 0) is 4.79 Å². The van der Waals surface area contributed by atoms with E-state index < -0.39 is 12.1 Å². The Hall–Kier alpha value is -3.51. The first kappa shape index (κ1) is 35.3. The molecule has 3 heterocycles. The van der Waals surface area contributed by atoms with Gasteiger partial charge in [0.15, 0.2) is 0 Å². The van der Waals surface area contributed by atoms with Crippen molar-refractivity contribution in [2.75, 3.05) is 39.9 Å². The molecule has 46 heavy (non-hydrogen) atoms. The van der Waals surface area contributed by atoms with Crippen LogP contribution in [0.2, 0.25) is 5.02 Å². The first-order chi connectivity index (χ1) is 22.0. The minimum atomic E-state index is -5.08. The highest BCUT2D eigenvalue weighted by Gasteiger charge is 2.44. The van der Waals surface area contributed by atoms with E-state index >= 15 is 0 Å². The number of amidine groups is 1. The molecule has 3 aliphatic rings. The van der Waals surface area contributed by atoms with Crippen LogP contribution in [0.1, 0.15) is 69.5 Å².